The van der Waals surface area contributed by atoms with Crippen molar-refractivity contribution in [2.24, 2.45) is 17.1 Å². The number of thiophene rings is 1. The molecule has 26 heavy (non-hydrogen) atoms. The Morgan fingerprint density at radius 1 is 1.31 bits per heavy atom. The molecule has 7 heteroatoms. The SMILES string of the molecule is CCC(C)(C)C1CCc2c(sc(NC(=O)CCCC(=O)[O-])c2C(N)=O)C1. The van der Waals surface area contributed by atoms with Gasteiger partial charge in [-0.2, -0.15) is 0 Å². The van der Waals surface area contributed by atoms with E-state index in [0.717, 1.165) is 36.1 Å². The summed E-state index contributed by atoms with van der Waals surface area (Å²) in [7, 11) is 0. The fourth-order valence-electron chi connectivity index (χ4n) is 3.47. The van der Waals surface area contributed by atoms with Crippen LogP contribution in [0.15, 0.2) is 0 Å². The summed E-state index contributed by atoms with van der Waals surface area (Å²) in [5.74, 6) is -1.48. The number of carbonyl (C=O) groups is 3. The molecular weight excluding hydrogens is 352 g/mol. The zero-order valence-electron chi connectivity index (χ0n) is 15.6. The molecule has 1 heterocycles. The number of nitrogens with two attached hydrogens (primary N) is 1. The number of primary amides is 1. The molecule has 0 spiro atoms. The fraction of sp³-hybridized carbons (Fsp3) is 0.632. The van der Waals surface area contributed by atoms with E-state index in [4.69, 9.17) is 5.73 Å². The van der Waals surface area contributed by atoms with Crippen LogP contribution in [0.1, 0.15) is 73.7 Å². The number of carboxylic acid groups (broad SMARTS) is 1. The monoisotopic (exact) mass is 379 g/mol. The van der Waals surface area contributed by atoms with Crippen LogP contribution in [0.25, 0.3) is 0 Å². The highest BCUT2D eigenvalue weighted by molar-refractivity contribution is 7.17. The Kier molecular flexibility index (Phi) is 6.44. The number of fused-ring (bicyclic) bond motifs is 1. The number of carboxylic acids is 1. The highest BCUT2D eigenvalue weighted by atomic mass is 32.1. The number of hydrogen-bond donors (Lipinski definition) is 2. The Hall–Kier alpha value is -1.89. The van der Waals surface area contributed by atoms with Gasteiger partial charge in [-0.05, 0) is 49.0 Å². The summed E-state index contributed by atoms with van der Waals surface area (Å²) in [6.45, 7) is 6.73. The maximum absolute atomic E-state index is 12.1. The van der Waals surface area contributed by atoms with Crippen molar-refractivity contribution in [1.29, 1.82) is 0 Å². The number of carbonyl (C=O) groups excluding carboxylic acids is 3. The first-order valence-corrected chi connectivity index (χ1v) is 9.91. The van der Waals surface area contributed by atoms with Gasteiger partial charge in [0.1, 0.15) is 5.00 Å². The lowest BCUT2D eigenvalue weighted by Gasteiger charge is -2.36. The van der Waals surface area contributed by atoms with Gasteiger partial charge in [0.25, 0.3) is 5.91 Å². The third-order valence-electron chi connectivity index (χ3n) is 5.57. The Morgan fingerprint density at radius 2 is 2.00 bits per heavy atom. The molecule has 0 radical (unpaired) electrons. The predicted molar refractivity (Wildman–Crippen MR) is 99.9 cm³/mol. The summed E-state index contributed by atoms with van der Waals surface area (Å²) < 4.78 is 0. The second kappa shape index (κ2) is 8.20. The van der Waals surface area contributed by atoms with Crippen LogP contribution >= 0.6 is 11.3 Å². The van der Waals surface area contributed by atoms with Gasteiger partial charge in [-0.15, -0.1) is 11.3 Å². The molecule has 0 aromatic carbocycles. The first kappa shape index (κ1) is 20.4. The van der Waals surface area contributed by atoms with Crippen LogP contribution in [0.5, 0.6) is 0 Å². The van der Waals surface area contributed by atoms with Crippen molar-refractivity contribution in [3.8, 4) is 0 Å². The molecule has 144 valence electrons. The van der Waals surface area contributed by atoms with E-state index in [1.165, 1.54) is 11.3 Å². The molecule has 1 aliphatic carbocycles. The molecular formula is C19H27N2O4S-. The van der Waals surface area contributed by atoms with Crippen molar-refractivity contribution < 1.29 is 19.5 Å². The van der Waals surface area contributed by atoms with Crippen molar-refractivity contribution in [3.63, 3.8) is 0 Å². The summed E-state index contributed by atoms with van der Waals surface area (Å²) in [6.07, 6.45) is 3.89. The number of anilines is 1. The van der Waals surface area contributed by atoms with Crippen molar-refractivity contribution in [1.82, 2.24) is 0 Å². The molecule has 3 N–H and O–H groups in total. The van der Waals surface area contributed by atoms with Crippen LogP contribution in [-0.2, 0) is 22.4 Å². The molecule has 1 unspecified atom stereocenters. The Morgan fingerprint density at radius 3 is 2.58 bits per heavy atom. The summed E-state index contributed by atoms with van der Waals surface area (Å²) in [4.78, 5) is 35.6. The second-order valence-electron chi connectivity index (χ2n) is 7.63. The third kappa shape index (κ3) is 4.63. The van der Waals surface area contributed by atoms with Crippen molar-refractivity contribution in [2.75, 3.05) is 5.32 Å². The molecule has 0 saturated carbocycles. The molecule has 1 aliphatic rings. The maximum atomic E-state index is 12.1. The fourth-order valence-corrected chi connectivity index (χ4v) is 4.82. The minimum atomic E-state index is -1.17. The van der Waals surface area contributed by atoms with Crippen LogP contribution in [0, 0.1) is 11.3 Å². The molecule has 0 fully saturated rings. The molecule has 0 aliphatic heterocycles. The number of rotatable bonds is 8. The minimum Gasteiger partial charge on any atom is -0.550 e. The van der Waals surface area contributed by atoms with Gasteiger partial charge in [0.2, 0.25) is 5.91 Å². The predicted octanol–water partition coefficient (Wildman–Crippen LogP) is 2.25. The maximum Gasteiger partial charge on any atom is 0.251 e. The smallest absolute Gasteiger partial charge is 0.251 e. The zero-order valence-corrected chi connectivity index (χ0v) is 16.5. The molecule has 2 rings (SSSR count). The Bertz CT molecular complexity index is 709. The van der Waals surface area contributed by atoms with Gasteiger partial charge in [-0.1, -0.05) is 27.2 Å². The normalized spacial score (nSPS) is 16.8. The largest absolute Gasteiger partial charge is 0.550 e. The minimum absolute atomic E-state index is 0.0697. The lowest BCUT2D eigenvalue weighted by Crippen LogP contribution is -2.29. The van der Waals surface area contributed by atoms with Gasteiger partial charge < -0.3 is 21.0 Å². The molecule has 1 atom stereocenters. The van der Waals surface area contributed by atoms with Gasteiger partial charge in [-0.25, -0.2) is 0 Å². The van der Waals surface area contributed by atoms with Crippen LogP contribution in [0.3, 0.4) is 0 Å². The Balaban J connectivity index is 2.18. The van der Waals surface area contributed by atoms with E-state index in [0.29, 0.717) is 16.5 Å². The highest BCUT2D eigenvalue weighted by Crippen LogP contribution is 2.45. The highest BCUT2D eigenvalue weighted by Gasteiger charge is 2.34. The standard InChI is InChI=1S/C19H28N2O4S/c1-4-19(2,3)11-8-9-12-13(10-11)26-18(16(12)17(20)25)21-14(22)6-5-7-15(23)24/h11H,4-10H2,1-3H3,(H2,20,25)(H,21,22)(H,23,24)/p-1. The number of hydrogen-bond acceptors (Lipinski definition) is 5. The van der Waals surface area contributed by atoms with Crippen LogP contribution < -0.4 is 16.2 Å². The lowest BCUT2D eigenvalue weighted by molar-refractivity contribution is -0.305. The van der Waals surface area contributed by atoms with Gasteiger partial charge in [-0.3, -0.25) is 9.59 Å². The third-order valence-corrected chi connectivity index (χ3v) is 6.74. The van der Waals surface area contributed by atoms with Gasteiger partial charge >= 0.3 is 0 Å². The van der Waals surface area contributed by atoms with Crippen molar-refractivity contribution in [3.05, 3.63) is 16.0 Å². The number of amides is 2. The Labute approximate surface area is 158 Å². The summed E-state index contributed by atoms with van der Waals surface area (Å²) in [5, 5.41) is 13.7. The van der Waals surface area contributed by atoms with E-state index >= 15 is 0 Å². The first-order valence-electron chi connectivity index (χ1n) is 9.09. The van der Waals surface area contributed by atoms with Crippen LogP contribution in [0.4, 0.5) is 5.00 Å². The van der Waals surface area contributed by atoms with E-state index in [1.807, 2.05) is 0 Å². The van der Waals surface area contributed by atoms with Crippen LogP contribution in [0.2, 0.25) is 0 Å². The molecule has 0 bridgehead atoms. The molecule has 2 amide bonds. The summed E-state index contributed by atoms with van der Waals surface area (Å²) >= 11 is 1.43. The number of aliphatic carboxylic acids is 1. The first-order chi connectivity index (χ1) is 12.2. The van der Waals surface area contributed by atoms with E-state index in [2.05, 4.69) is 26.1 Å². The number of nitrogens with one attached hydrogen (secondary N) is 1. The van der Waals surface area contributed by atoms with E-state index in [9.17, 15) is 19.5 Å². The molecule has 6 nitrogen and oxygen atoms in total. The van der Waals surface area contributed by atoms with Gasteiger partial charge in [0.15, 0.2) is 0 Å². The molecule has 0 saturated heterocycles. The van der Waals surface area contributed by atoms with Crippen molar-refractivity contribution >= 4 is 34.1 Å². The lowest BCUT2D eigenvalue weighted by atomic mass is 9.69. The second-order valence-corrected chi connectivity index (χ2v) is 8.73. The van der Waals surface area contributed by atoms with Crippen molar-refractivity contribution in [2.45, 2.75) is 65.7 Å². The average Bonchev–Trinajstić information content (AvgIpc) is 2.91. The average molecular weight is 380 g/mol. The van der Waals surface area contributed by atoms with Gasteiger partial charge in [0, 0.05) is 17.3 Å². The topological polar surface area (TPSA) is 112 Å². The van der Waals surface area contributed by atoms with Crippen LogP contribution in [-0.4, -0.2) is 17.8 Å². The molecule has 1 aromatic rings. The zero-order chi connectivity index (χ0) is 19.5. The van der Waals surface area contributed by atoms with E-state index in [1.54, 1.807) is 0 Å². The van der Waals surface area contributed by atoms with Gasteiger partial charge in [0.05, 0.1) is 5.56 Å². The molecule has 1 aromatic heterocycles. The summed E-state index contributed by atoms with van der Waals surface area (Å²) in [5.41, 5.74) is 7.19. The van der Waals surface area contributed by atoms with E-state index < -0.39 is 11.9 Å². The van der Waals surface area contributed by atoms with E-state index in [-0.39, 0.29) is 30.6 Å². The summed E-state index contributed by atoms with van der Waals surface area (Å²) in [6, 6.07) is 0. The quantitative estimate of drug-likeness (QED) is 0.721.